The van der Waals surface area contributed by atoms with Gasteiger partial charge in [-0.05, 0) is 19.8 Å². The maximum atomic E-state index is 11.6. The van der Waals surface area contributed by atoms with Gasteiger partial charge in [0.25, 0.3) is 0 Å². The highest BCUT2D eigenvalue weighted by atomic mass is 16.5. The second kappa shape index (κ2) is 8.04. The number of allylic oxidation sites excluding steroid dienone is 1. The van der Waals surface area contributed by atoms with E-state index in [0.717, 1.165) is 0 Å². The quantitative estimate of drug-likeness (QED) is 0.450. The van der Waals surface area contributed by atoms with Crippen LogP contribution in [-0.2, 0) is 16.0 Å². The van der Waals surface area contributed by atoms with E-state index in [1.165, 1.54) is 19.3 Å². The van der Waals surface area contributed by atoms with Crippen LogP contribution in [0.1, 0.15) is 25.5 Å². The molecule has 6 heteroatoms. The van der Waals surface area contributed by atoms with E-state index in [0.29, 0.717) is 31.6 Å². The van der Waals surface area contributed by atoms with Gasteiger partial charge in [-0.15, -0.1) is 0 Å². The molecule has 0 aliphatic carbocycles. The number of ether oxygens (including phenoxy) is 1. The molecule has 0 atom stereocenters. The normalized spacial score (nSPS) is 10.7. The van der Waals surface area contributed by atoms with Gasteiger partial charge in [-0.2, -0.15) is 0 Å². The molecule has 1 aromatic heterocycles. The van der Waals surface area contributed by atoms with E-state index >= 15 is 0 Å². The zero-order chi connectivity index (χ0) is 15.0. The van der Waals surface area contributed by atoms with Crippen molar-refractivity contribution in [3.8, 4) is 5.75 Å². The molecular formula is C14H19NO5. The van der Waals surface area contributed by atoms with Crippen LogP contribution in [0.5, 0.6) is 5.75 Å². The molecule has 0 saturated heterocycles. The van der Waals surface area contributed by atoms with Crippen LogP contribution in [0.15, 0.2) is 27.4 Å². The third-order valence-electron chi connectivity index (χ3n) is 2.58. The monoisotopic (exact) mass is 281 g/mol. The van der Waals surface area contributed by atoms with Gasteiger partial charge in [-0.25, -0.2) is 9.59 Å². The van der Waals surface area contributed by atoms with E-state index in [1.54, 1.807) is 6.08 Å². The minimum absolute atomic E-state index is 0.0850. The van der Waals surface area contributed by atoms with Gasteiger partial charge in [0.2, 0.25) is 0 Å². The van der Waals surface area contributed by atoms with Gasteiger partial charge in [0, 0.05) is 25.1 Å². The lowest BCUT2D eigenvalue weighted by Gasteiger charge is -2.05. The smallest absolute Gasteiger partial charge is 0.363 e. The fourth-order valence-electron chi connectivity index (χ4n) is 1.63. The molecule has 0 aliphatic rings. The van der Waals surface area contributed by atoms with Crippen LogP contribution in [0.25, 0.3) is 0 Å². The highest BCUT2D eigenvalue weighted by Gasteiger charge is 2.09. The number of nitrogens with one attached hydrogen (secondary N) is 1. The number of hydrogen-bond donors (Lipinski definition) is 2. The van der Waals surface area contributed by atoms with Gasteiger partial charge in [0.1, 0.15) is 11.5 Å². The fourth-order valence-corrected chi connectivity index (χ4v) is 1.63. The zero-order valence-corrected chi connectivity index (χ0v) is 11.6. The number of carbonyl (C=O) groups excluding carboxylic acids is 1. The van der Waals surface area contributed by atoms with Crippen molar-refractivity contribution in [3.05, 3.63) is 34.4 Å². The van der Waals surface area contributed by atoms with Crippen LogP contribution in [0.2, 0.25) is 0 Å². The minimum atomic E-state index is -0.577. The lowest BCUT2D eigenvalue weighted by atomic mass is 10.2. The van der Waals surface area contributed by atoms with Crippen molar-refractivity contribution in [2.24, 2.45) is 0 Å². The summed E-state index contributed by atoms with van der Waals surface area (Å²) < 4.78 is 9.55. The van der Waals surface area contributed by atoms with Gasteiger partial charge < -0.3 is 19.6 Å². The molecule has 6 nitrogen and oxygen atoms in total. The van der Waals surface area contributed by atoms with Crippen LogP contribution in [-0.4, -0.2) is 24.7 Å². The minimum Gasteiger partial charge on any atom is -0.505 e. The SMILES string of the molecule is CCNc1c(O)cc(CCCC=CC(=O)OC)oc1=O. The second-order valence-corrected chi connectivity index (χ2v) is 4.11. The van der Waals surface area contributed by atoms with Crippen molar-refractivity contribution in [2.45, 2.75) is 26.2 Å². The predicted octanol–water partition coefficient (Wildman–Crippen LogP) is 1.83. The number of aromatic hydroxyl groups is 1. The van der Waals surface area contributed by atoms with Gasteiger partial charge in [0.15, 0.2) is 5.69 Å². The van der Waals surface area contributed by atoms with E-state index in [2.05, 4.69) is 10.1 Å². The van der Waals surface area contributed by atoms with E-state index in [1.807, 2.05) is 6.92 Å². The number of methoxy groups -OCH3 is 1. The molecule has 110 valence electrons. The molecule has 0 amide bonds. The van der Waals surface area contributed by atoms with Crippen LogP contribution in [0.4, 0.5) is 5.69 Å². The Labute approximate surface area is 117 Å². The summed E-state index contributed by atoms with van der Waals surface area (Å²) in [5.74, 6) is -0.0898. The van der Waals surface area contributed by atoms with Crippen molar-refractivity contribution in [1.82, 2.24) is 0 Å². The van der Waals surface area contributed by atoms with Crippen LogP contribution >= 0.6 is 0 Å². The molecule has 0 fully saturated rings. The van der Waals surface area contributed by atoms with Crippen LogP contribution in [0, 0.1) is 0 Å². The van der Waals surface area contributed by atoms with Crippen molar-refractivity contribution in [3.63, 3.8) is 0 Å². The summed E-state index contributed by atoms with van der Waals surface area (Å²) in [6.07, 6.45) is 4.88. The van der Waals surface area contributed by atoms with Gasteiger partial charge in [0.05, 0.1) is 7.11 Å². The molecule has 2 N–H and O–H groups in total. The number of anilines is 1. The third-order valence-corrected chi connectivity index (χ3v) is 2.58. The lowest BCUT2D eigenvalue weighted by molar-refractivity contribution is -0.134. The van der Waals surface area contributed by atoms with E-state index < -0.39 is 11.6 Å². The maximum absolute atomic E-state index is 11.6. The maximum Gasteiger partial charge on any atom is 0.363 e. The Morgan fingerprint density at radius 3 is 2.90 bits per heavy atom. The first-order chi connectivity index (χ1) is 9.58. The molecule has 0 saturated carbocycles. The van der Waals surface area contributed by atoms with E-state index in [4.69, 9.17) is 4.42 Å². The lowest BCUT2D eigenvalue weighted by Crippen LogP contribution is -2.11. The predicted molar refractivity (Wildman–Crippen MR) is 74.9 cm³/mol. The fraction of sp³-hybridized carbons (Fsp3) is 0.429. The number of unbranched alkanes of at least 4 members (excludes halogenated alkanes) is 1. The first kappa shape index (κ1) is 15.8. The van der Waals surface area contributed by atoms with Crippen LogP contribution in [0.3, 0.4) is 0 Å². The largest absolute Gasteiger partial charge is 0.505 e. The van der Waals surface area contributed by atoms with Crippen molar-refractivity contribution in [2.75, 3.05) is 19.0 Å². The summed E-state index contributed by atoms with van der Waals surface area (Å²) >= 11 is 0. The Morgan fingerprint density at radius 2 is 2.30 bits per heavy atom. The van der Waals surface area contributed by atoms with Crippen LogP contribution < -0.4 is 10.9 Å². The molecule has 0 radical (unpaired) electrons. The Morgan fingerprint density at radius 1 is 1.55 bits per heavy atom. The third kappa shape index (κ3) is 4.79. The molecule has 1 rings (SSSR count). The average molecular weight is 281 g/mol. The van der Waals surface area contributed by atoms with E-state index in [-0.39, 0.29) is 11.4 Å². The standard InChI is InChI=1S/C14H19NO5/c1-3-15-13-11(16)9-10(20-14(13)18)7-5-4-6-8-12(17)19-2/h6,8-9,15-16H,3-5,7H2,1-2H3. The molecule has 20 heavy (non-hydrogen) atoms. The molecule has 0 aromatic carbocycles. The first-order valence-electron chi connectivity index (χ1n) is 6.42. The number of hydrogen-bond acceptors (Lipinski definition) is 6. The van der Waals surface area contributed by atoms with Gasteiger partial charge in [-0.1, -0.05) is 6.08 Å². The summed E-state index contributed by atoms with van der Waals surface area (Å²) in [6.45, 7) is 2.34. The average Bonchev–Trinajstić information content (AvgIpc) is 2.42. The molecule has 1 aromatic rings. The van der Waals surface area contributed by atoms with Gasteiger partial charge in [-0.3, -0.25) is 0 Å². The van der Waals surface area contributed by atoms with Gasteiger partial charge >= 0.3 is 11.6 Å². The first-order valence-corrected chi connectivity index (χ1v) is 6.42. The number of rotatable bonds is 7. The summed E-state index contributed by atoms with van der Waals surface area (Å²) in [7, 11) is 1.32. The molecule has 0 bridgehead atoms. The molecule has 0 spiro atoms. The summed E-state index contributed by atoms with van der Waals surface area (Å²) in [5, 5.41) is 12.5. The number of carbonyl (C=O) groups is 1. The summed E-state index contributed by atoms with van der Waals surface area (Å²) in [6, 6.07) is 1.43. The van der Waals surface area contributed by atoms with E-state index in [9.17, 15) is 14.7 Å². The highest BCUT2D eigenvalue weighted by molar-refractivity contribution is 5.81. The number of esters is 1. The van der Waals surface area contributed by atoms with Crippen molar-refractivity contribution >= 4 is 11.7 Å². The summed E-state index contributed by atoms with van der Waals surface area (Å²) in [5.41, 5.74) is -0.492. The zero-order valence-electron chi connectivity index (χ0n) is 11.6. The summed E-state index contributed by atoms with van der Waals surface area (Å²) in [4.78, 5) is 22.4. The molecule has 0 aliphatic heterocycles. The molecular weight excluding hydrogens is 262 g/mol. The van der Waals surface area contributed by atoms with Crippen molar-refractivity contribution < 1.29 is 19.1 Å². The Bertz CT molecular complexity index is 533. The Kier molecular flexibility index (Phi) is 6.36. The topological polar surface area (TPSA) is 88.8 Å². The Balaban J connectivity index is 2.55. The van der Waals surface area contributed by atoms with Crippen molar-refractivity contribution in [1.29, 1.82) is 0 Å². The second-order valence-electron chi connectivity index (χ2n) is 4.11. The molecule has 0 unspecified atom stereocenters. The highest BCUT2D eigenvalue weighted by Crippen LogP contribution is 2.20. The molecule has 1 heterocycles. The Hall–Kier alpha value is -2.24. The number of aryl methyl sites for hydroxylation is 1.